The highest BCUT2D eigenvalue weighted by atomic mass is 16.3. The Hall–Kier alpha value is -2.74. The van der Waals surface area contributed by atoms with Gasteiger partial charge in [-0.3, -0.25) is 0 Å². The fourth-order valence-corrected chi connectivity index (χ4v) is 1.93. The van der Waals surface area contributed by atoms with Crippen LogP contribution in [0.15, 0.2) is 90.3 Å². The van der Waals surface area contributed by atoms with Crippen LogP contribution in [0.5, 0.6) is 0 Å². The third-order valence-electron chi connectivity index (χ3n) is 2.85. The molecule has 2 rings (SSSR count). The number of hydrogen-bond donors (Lipinski definition) is 0. The Morgan fingerprint density at radius 2 is 1.55 bits per heavy atom. The van der Waals surface area contributed by atoms with Crippen molar-refractivity contribution < 1.29 is 0 Å². The first-order valence-corrected chi connectivity index (χ1v) is 6.34. The minimum absolute atomic E-state index is 0.391. The van der Waals surface area contributed by atoms with Gasteiger partial charge in [-0.25, -0.2) is 0 Å². The van der Waals surface area contributed by atoms with Crippen molar-refractivity contribution in [3.63, 3.8) is 0 Å². The van der Waals surface area contributed by atoms with Crippen LogP contribution in [-0.4, -0.2) is 0 Å². The summed E-state index contributed by atoms with van der Waals surface area (Å²) in [7, 11) is 0. The van der Waals surface area contributed by atoms with Gasteiger partial charge in [0.25, 0.3) is 0 Å². The maximum absolute atomic E-state index is 11.2. The Labute approximate surface area is 118 Å². The molecule has 0 N–H and O–H groups in total. The lowest BCUT2D eigenvalue weighted by Gasteiger charge is -2.06. The molecular weight excluding hydrogens is 246 g/mol. The number of nitrogens with zero attached hydrogens (tertiary/aromatic N) is 1. The highest BCUT2D eigenvalue weighted by molar-refractivity contribution is 5.84. The molecule has 0 spiro atoms. The molecule has 0 aromatic heterocycles. The van der Waals surface area contributed by atoms with Crippen LogP contribution in [0, 0.1) is 4.91 Å². The summed E-state index contributed by atoms with van der Waals surface area (Å²) in [5.74, 6) is 0. The van der Waals surface area contributed by atoms with Crippen molar-refractivity contribution in [1.29, 1.82) is 0 Å². The summed E-state index contributed by atoms with van der Waals surface area (Å²) >= 11 is 0. The maximum Gasteiger partial charge on any atom is 0.116 e. The molecule has 0 unspecified atom stereocenters. The summed E-state index contributed by atoms with van der Waals surface area (Å²) in [5.41, 5.74) is 3.03. The molecular formula is C18H15NO. The Morgan fingerprint density at radius 1 is 0.950 bits per heavy atom. The van der Waals surface area contributed by atoms with Gasteiger partial charge in [-0.1, -0.05) is 79.4 Å². The van der Waals surface area contributed by atoms with E-state index in [4.69, 9.17) is 0 Å². The highest BCUT2D eigenvalue weighted by Crippen LogP contribution is 2.26. The average molecular weight is 261 g/mol. The molecule has 2 aromatic rings. The molecule has 2 aromatic carbocycles. The summed E-state index contributed by atoms with van der Waals surface area (Å²) in [6.45, 7) is 3.70. The molecule has 0 bridgehead atoms. The molecule has 0 fully saturated rings. The molecule has 0 aliphatic heterocycles. The van der Waals surface area contributed by atoms with Gasteiger partial charge in [0.15, 0.2) is 0 Å². The second-order valence-electron chi connectivity index (χ2n) is 4.21. The number of hydrogen-bond acceptors (Lipinski definition) is 2. The predicted octanol–water partition coefficient (Wildman–Crippen LogP) is 5.06. The normalized spacial score (nSPS) is 12.0. The number of nitroso groups, excluding NO2 is 1. The van der Waals surface area contributed by atoms with Crippen LogP contribution in [-0.2, 0) is 0 Å². The lowest BCUT2D eigenvalue weighted by atomic mass is 10.0. The van der Waals surface area contributed by atoms with Crippen molar-refractivity contribution in [3.05, 3.63) is 101 Å². The van der Waals surface area contributed by atoms with E-state index in [1.54, 1.807) is 18.2 Å². The first kappa shape index (κ1) is 13.7. The van der Waals surface area contributed by atoms with E-state index in [-0.39, 0.29) is 0 Å². The Morgan fingerprint density at radius 3 is 2.10 bits per heavy atom. The summed E-state index contributed by atoms with van der Waals surface area (Å²) in [4.78, 5) is 11.2. The average Bonchev–Trinajstić information content (AvgIpc) is 2.52. The van der Waals surface area contributed by atoms with E-state index in [0.717, 1.165) is 16.7 Å². The van der Waals surface area contributed by atoms with Crippen LogP contribution < -0.4 is 0 Å². The van der Waals surface area contributed by atoms with Gasteiger partial charge in [-0.15, -0.1) is 4.91 Å². The van der Waals surface area contributed by atoms with Gasteiger partial charge in [-0.05, 0) is 22.4 Å². The van der Waals surface area contributed by atoms with Crippen LogP contribution in [0.25, 0.3) is 11.6 Å². The fourth-order valence-electron chi connectivity index (χ4n) is 1.93. The third-order valence-corrected chi connectivity index (χ3v) is 2.85. The van der Waals surface area contributed by atoms with Crippen molar-refractivity contribution in [2.75, 3.05) is 0 Å². The molecule has 0 atom stereocenters. The van der Waals surface area contributed by atoms with Gasteiger partial charge < -0.3 is 0 Å². The summed E-state index contributed by atoms with van der Waals surface area (Å²) in [6, 6.07) is 19.3. The van der Waals surface area contributed by atoms with Gasteiger partial charge in [0.2, 0.25) is 0 Å². The molecule has 0 saturated carbocycles. The van der Waals surface area contributed by atoms with Crippen molar-refractivity contribution in [1.82, 2.24) is 0 Å². The minimum atomic E-state index is 0.391. The lowest BCUT2D eigenvalue weighted by Crippen LogP contribution is -1.87. The lowest BCUT2D eigenvalue weighted by molar-refractivity contribution is 1.40. The predicted molar refractivity (Wildman–Crippen MR) is 84.8 cm³/mol. The molecule has 0 radical (unpaired) electrons. The van der Waals surface area contributed by atoms with Gasteiger partial charge in [0.1, 0.15) is 5.70 Å². The molecule has 0 aliphatic rings. The van der Waals surface area contributed by atoms with Gasteiger partial charge >= 0.3 is 0 Å². The topological polar surface area (TPSA) is 29.4 Å². The number of rotatable bonds is 5. The number of benzene rings is 2. The first-order valence-electron chi connectivity index (χ1n) is 6.34. The quantitative estimate of drug-likeness (QED) is 0.546. The molecule has 0 heterocycles. The molecule has 0 aliphatic carbocycles. The van der Waals surface area contributed by atoms with E-state index in [1.165, 1.54) is 0 Å². The maximum atomic E-state index is 11.2. The largest absolute Gasteiger partial charge is 0.145 e. The SMILES string of the molecule is C=C/C=C(\C(=C\c1ccccc1)N=O)c1ccccc1. The van der Waals surface area contributed by atoms with Crippen molar-refractivity contribution >= 4 is 11.6 Å². The highest BCUT2D eigenvalue weighted by Gasteiger charge is 2.08. The van der Waals surface area contributed by atoms with E-state index in [1.807, 2.05) is 60.7 Å². The Balaban J connectivity index is 2.47. The fraction of sp³-hybridized carbons (Fsp3) is 0. The summed E-state index contributed by atoms with van der Waals surface area (Å²) in [5, 5.41) is 3.17. The second-order valence-corrected chi connectivity index (χ2v) is 4.21. The smallest absolute Gasteiger partial charge is 0.116 e. The van der Waals surface area contributed by atoms with Crippen LogP contribution in [0.2, 0.25) is 0 Å². The zero-order chi connectivity index (χ0) is 14.2. The Kier molecular flexibility index (Phi) is 4.79. The standard InChI is InChI=1S/C18H15NO/c1-2-9-17(16-12-7-4-8-13-16)18(19-20)14-15-10-5-3-6-11-15/h2-14H,1H2/b17-9-,18-14-. The van der Waals surface area contributed by atoms with Gasteiger partial charge in [0, 0.05) is 5.57 Å². The van der Waals surface area contributed by atoms with Crippen LogP contribution in [0.4, 0.5) is 0 Å². The molecule has 20 heavy (non-hydrogen) atoms. The van der Waals surface area contributed by atoms with Crippen LogP contribution in [0.3, 0.4) is 0 Å². The van der Waals surface area contributed by atoms with E-state index in [9.17, 15) is 4.91 Å². The van der Waals surface area contributed by atoms with E-state index in [2.05, 4.69) is 11.8 Å². The second kappa shape index (κ2) is 7.00. The first-order chi connectivity index (χ1) is 9.85. The van der Waals surface area contributed by atoms with E-state index in [0.29, 0.717) is 5.70 Å². The van der Waals surface area contributed by atoms with Crippen molar-refractivity contribution in [3.8, 4) is 0 Å². The van der Waals surface area contributed by atoms with Crippen molar-refractivity contribution in [2.45, 2.75) is 0 Å². The summed E-state index contributed by atoms with van der Waals surface area (Å²) in [6.07, 6.45) is 5.23. The van der Waals surface area contributed by atoms with E-state index < -0.39 is 0 Å². The van der Waals surface area contributed by atoms with Crippen LogP contribution in [0.1, 0.15) is 11.1 Å². The monoisotopic (exact) mass is 261 g/mol. The molecule has 0 amide bonds. The van der Waals surface area contributed by atoms with E-state index >= 15 is 0 Å². The molecule has 0 saturated heterocycles. The zero-order valence-corrected chi connectivity index (χ0v) is 11.1. The van der Waals surface area contributed by atoms with Gasteiger partial charge in [-0.2, -0.15) is 0 Å². The molecule has 2 heteroatoms. The molecule has 2 nitrogen and oxygen atoms in total. The molecule has 98 valence electrons. The van der Waals surface area contributed by atoms with Gasteiger partial charge in [0.05, 0.1) is 0 Å². The number of allylic oxidation sites excluding steroid dienone is 3. The minimum Gasteiger partial charge on any atom is -0.145 e. The Bertz CT molecular complexity index is 640. The zero-order valence-electron chi connectivity index (χ0n) is 11.1. The van der Waals surface area contributed by atoms with Crippen LogP contribution >= 0.6 is 0 Å². The van der Waals surface area contributed by atoms with Crippen molar-refractivity contribution in [2.24, 2.45) is 5.18 Å². The summed E-state index contributed by atoms with van der Waals surface area (Å²) < 4.78 is 0. The third kappa shape index (κ3) is 3.39.